The van der Waals surface area contributed by atoms with Crippen molar-refractivity contribution in [3.63, 3.8) is 0 Å². The maximum absolute atomic E-state index is 12.4. The minimum atomic E-state index is -0.983. The second-order valence-corrected chi connectivity index (χ2v) is 6.54. The van der Waals surface area contributed by atoms with Crippen LogP contribution in [0.15, 0.2) is 72.8 Å². The highest BCUT2D eigenvalue weighted by Crippen LogP contribution is 2.32. The quantitative estimate of drug-likeness (QED) is 0.613. The number of benzene rings is 3. The predicted octanol–water partition coefficient (Wildman–Crippen LogP) is 4.39. The number of para-hydroxylation sites is 1. The Balaban J connectivity index is 1.32. The molecule has 0 aromatic heterocycles. The van der Waals surface area contributed by atoms with Crippen LogP contribution in [0.1, 0.15) is 17.3 Å². The first-order chi connectivity index (χ1) is 14.6. The average Bonchev–Trinajstić information content (AvgIpc) is 3.23. The van der Waals surface area contributed by atoms with Crippen LogP contribution >= 0.6 is 0 Å². The van der Waals surface area contributed by atoms with Crippen molar-refractivity contribution >= 4 is 17.6 Å². The number of amides is 1. The lowest BCUT2D eigenvalue weighted by Crippen LogP contribution is -2.30. The van der Waals surface area contributed by atoms with Crippen molar-refractivity contribution in [2.24, 2.45) is 0 Å². The summed E-state index contributed by atoms with van der Waals surface area (Å²) >= 11 is 0. The van der Waals surface area contributed by atoms with Gasteiger partial charge in [0.15, 0.2) is 17.6 Å². The summed E-state index contributed by atoms with van der Waals surface area (Å²) in [4.78, 5) is 24.7. The van der Waals surface area contributed by atoms with E-state index in [2.05, 4.69) is 5.32 Å². The third kappa shape index (κ3) is 4.52. The van der Waals surface area contributed by atoms with Gasteiger partial charge in [0.05, 0.1) is 5.56 Å². The number of esters is 1. The third-order valence-electron chi connectivity index (χ3n) is 4.36. The maximum atomic E-state index is 12.4. The summed E-state index contributed by atoms with van der Waals surface area (Å²) in [7, 11) is 0. The van der Waals surface area contributed by atoms with Gasteiger partial charge in [0.25, 0.3) is 5.91 Å². The number of fused-ring (bicyclic) bond motifs is 1. The van der Waals surface area contributed by atoms with Gasteiger partial charge in [-0.3, -0.25) is 4.79 Å². The minimum Gasteiger partial charge on any atom is -0.457 e. The molecule has 7 heteroatoms. The summed E-state index contributed by atoms with van der Waals surface area (Å²) < 4.78 is 21.4. The van der Waals surface area contributed by atoms with Crippen LogP contribution in [0.2, 0.25) is 0 Å². The number of anilines is 1. The topological polar surface area (TPSA) is 83.1 Å². The Kier molecular flexibility index (Phi) is 5.52. The molecule has 3 aromatic carbocycles. The highest BCUT2D eigenvalue weighted by Gasteiger charge is 2.21. The monoisotopic (exact) mass is 405 g/mol. The highest BCUT2D eigenvalue weighted by molar-refractivity contribution is 5.97. The van der Waals surface area contributed by atoms with E-state index in [1.807, 2.05) is 30.3 Å². The zero-order valence-electron chi connectivity index (χ0n) is 16.2. The molecule has 1 aliphatic rings. The van der Waals surface area contributed by atoms with Crippen LogP contribution < -0.4 is 19.5 Å². The van der Waals surface area contributed by atoms with Gasteiger partial charge in [-0.2, -0.15) is 0 Å². The number of hydrogen-bond donors (Lipinski definition) is 1. The molecule has 0 spiro atoms. The molecule has 1 aliphatic heterocycles. The maximum Gasteiger partial charge on any atom is 0.339 e. The second kappa shape index (κ2) is 8.57. The van der Waals surface area contributed by atoms with E-state index < -0.39 is 18.0 Å². The van der Waals surface area contributed by atoms with Crippen molar-refractivity contribution < 1.29 is 28.5 Å². The summed E-state index contributed by atoms with van der Waals surface area (Å²) in [6, 6.07) is 21.0. The lowest BCUT2D eigenvalue weighted by Gasteiger charge is -2.14. The molecule has 0 fully saturated rings. The van der Waals surface area contributed by atoms with E-state index >= 15 is 0 Å². The van der Waals surface area contributed by atoms with Crippen molar-refractivity contribution in [3.05, 3.63) is 78.4 Å². The number of nitrogens with one attached hydrogen (secondary N) is 1. The van der Waals surface area contributed by atoms with Gasteiger partial charge >= 0.3 is 5.97 Å². The summed E-state index contributed by atoms with van der Waals surface area (Å²) in [6.45, 7) is 1.62. The fourth-order valence-corrected chi connectivity index (χ4v) is 2.78. The fraction of sp³-hybridized carbons (Fsp3) is 0.130. The Labute approximate surface area is 173 Å². The SMILES string of the molecule is CC(OC(=O)c1ccc2c(c1)OCO2)C(=O)Nc1ccc(Oc2ccccc2)cc1. The molecule has 0 bridgehead atoms. The molecule has 0 saturated heterocycles. The van der Waals surface area contributed by atoms with Gasteiger partial charge in [-0.1, -0.05) is 18.2 Å². The summed E-state index contributed by atoms with van der Waals surface area (Å²) in [6.07, 6.45) is -0.983. The first kappa shape index (κ1) is 19.3. The van der Waals surface area contributed by atoms with Crippen molar-refractivity contribution in [2.45, 2.75) is 13.0 Å². The Morgan fingerprint density at radius 2 is 1.60 bits per heavy atom. The Morgan fingerprint density at radius 1 is 0.900 bits per heavy atom. The molecule has 1 unspecified atom stereocenters. The highest BCUT2D eigenvalue weighted by atomic mass is 16.7. The molecule has 3 aromatic rings. The van der Waals surface area contributed by atoms with E-state index in [1.165, 1.54) is 13.0 Å². The summed E-state index contributed by atoms with van der Waals surface area (Å²) in [5.41, 5.74) is 0.840. The number of ether oxygens (including phenoxy) is 4. The molecule has 1 amide bonds. The fourth-order valence-electron chi connectivity index (χ4n) is 2.78. The van der Waals surface area contributed by atoms with E-state index in [0.717, 1.165) is 5.75 Å². The molecule has 0 saturated carbocycles. The van der Waals surface area contributed by atoms with Gasteiger partial charge in [0, 0.05) is 5.69 Å². The van der Waals surface area contributed by atoms with Crippen molar-refractivity contribution in [3.8, 4) is 23.0 Å². The largest absolute Gasteiger partial charge is 0.457 e. The van der Waals surface area contributed by atoms with Crippen molar-refractivity contribution in [1.82, 2.24) is 0 Å². The van der Waals surface area contributed by atoms with Gasteiger partial charge < -0.3 is 24.3 Å². The number of rotatable bonds is 6. The molecule has 1 N–H and O–H groups in total. The minimum absolute atomic E-state index is 0.113. The van der Waals surface area contributed by atoms with Crippen LogP contribution in [-0.2, 0) is 9.53 Å². The van der Waals surface area contributed by atoms with Gasteiger partial charge in [-0.25, -0.2) is 4.79 Å². The van der Waals surface area contributed by atoms with Crippen LogP contribution in [0.25, 0.3) is 0 Å². The molecule has 4 rings (SSSR count). The van der Waals surface area contributed by atoms with Gasteiger partial charge in [-0.05, 0) is 61.5 Å². The molecule has 0 radical (unpaired) electrons. The van der Waals surface area contributed by atoms with Crippen molar-refractivity contribution in [1.29, 1.82) is 0 Å². The van der Waals surface area contributed by atoms with Crippen LogP contribution in [-0.4, -0.2) is 24.8 Å². The lowest BCUT2D eigenvalue weighted by atomic mass is 10.2. The van der Waals surface area contributed by atoms with Gasteiger partial charge in [0.2, 0.25) is 6.79 Å². The number of hydrogen-bond acceptors (Lipinski definition) is 6. The zero-order chi connectivity index (χ0) is 20.9. The standard InChI is InChI=1S/C23H19NO6/c1-15(29-23(26)16-7-12-20-21(13-16)28-14-27-20)22(25)24-17-8-10-19(11-9-17)30-18-5-3-2-4-6-18/h2-13,15H,14H2,1H3,(H,24,25). The van der Waals surface area contributed by atoms with Gasteiger partial charge in [-0.15, -0.1) is 0 Å². The lowest BCUT2D eigenvalue weighted by molar-refractivity contribution is -0.123. The first-order valence-electron chi connectivity index (χ1n) is 9.33. The van der Waals surface area contributed by atoms with E-state index in [-0.39, 0.29) is 12.4 Å². The van der Waals surface area contributed by atoms with Crippen LogP contribution in [0.5, 0.6) is 23.0 Å². The van der Waals surface area contributed by atoms with E-state index in [0.29, 0.717) is 22.9 Å². The summed E-state index contributed by atoms with van der Waals surface area (Å²) in [5, 5.41) is 2.71. The summed E-state index contributed by atoms with van der Waals surface area (Å²) in [5.74, 6) is 1.33. The number of carbonyl (C=O) groups is 2. The van der Waals surface area contributed by atoms with E-state index in [4.69, 9.17) is 18.9 Å². The van der Waals surface area contributed by atoms with Crippen LogP contribution in [0.4, 0.5) is 5.69 Å². The molecule has 1 atom stereocenters. The molecule has 30 heavy (non-hydrogen) atoms. The molecule has 7 nitrogen and oxygen atoms in total. The molecule has 152 valence electrons. The van der Waals surface area contributed by atoms with Crippen molar-refractivity contribution in [2.75, 3.05) is 12.1 Å². The smallest absolute Gasteiger partial charge is 0.339 e. The van der Waals surface area contributed by atoms with E-state index in [1.54, 1.807) is 36.4 Å². The number of carbonyl (C=O) groups excluding carboxylic acids is 2. The van der Waals surface area contributed by atoms with Crippen LogP contribution in [0.3, 0.4) is 0 Å². The van der Waals surface area contributed by atoms with Gasteiger partial charge in [0.1, 0.15) is 11.5 Å². The third-order valence-corrected chi connectivity index (χ3v) is 4.36. The van der Waals surface area contributed by atoms with E-state index in [9.17, 15) is 9.59 Å². The molecule has 1 heterocycles. The Hall–Kier alpha value is -4.00. The normalized spacial score (nSPS) is 12.7. The average molecular weight is 405 g/mol. The molecular formula is C23H19NO6. The molecule has 0 aliphatic carbocycles. The Morgan fingerprint density at radius 3 is 2.37 bits per heavy atom. The van der Waals surface area contributed by atoms with Crippen LogP contribution in [0, 0.1) is 0 Å². The molecular weight excluding hydrogens is 386 g/mol. The zero-order valence-corrected chi connectivity index (χ0v) is 16.2. The Bertz CT molecular complexity index is 1050. The first-order valence-corrected chi connectivity index (χ1v) is 9.33. The second-order valence-electron chi connectivity index (χ2n) is 6.54. The predicted molar refractivity (Wildman–Crippen MR) is 109 cm³/mol.